The van der Waals surface area contributed by atoms with Gasteiger partial charge in [0.2, 0.25) is 5.91 Å². The number of carbonyl (C=O) groups excluding carboxylic acids is 1. The summed E-state index contributed by atoms with van der Waals surface area (Å²) in [7, 11) is 1.18. The molecule has 0 aromatic rings. The van der Waals surface area contributed by atoms with Crippen molar-refractivity contribution in [1.82, 2.24) is 4.90 Å². The lowest BCUT2D eigenvalue weighted by Crippen LogP contribution is -2.39. The highest BCUT2D eigenvalue weighted by Gasteiger charge is 2.35. The van der Waals surface area contributed by atoms with E-state index < -0.39 is 18.6 Å². The van der Waals surface area contributed by atoms with Crippen LogP contribution in [0.3, 0.4) is 0 Å². The van der Waals surface area contributed by atoms with E-state index >= 15 is 0 Å². The van der Waals surface area contributed by atoms with Crippen molar-refractivity contribution in [3.63, 3.8) is 0 Å². The molecule has 0 aliphatic heterocycles. The number of hydrogen-bond donors (Lipinski definition) is 1. The minimum absolute atomic E-state index is 0.0433. The SMILES string of the molecule is CN(CC(F)(F)F)C(=O)C1CCC(N)C1. The van der Waals surface area contributed by atoms with Gasteiger partial charge in [-0.3, -0.25) is 4.79 Å². The van der Waals surface area contributed by atoms with E-state index in [0.717, 1.165) is 11.3 Å². The fourth-order valence-electron chi connectivity index (χ4n) is 1.90. The van der Waals surface area contributed by atoms with Crippen LogP contribution in [0.1, 0.15) is 19.3 Å². The van der Waals surface area contributed by atoms with Gasteiger partial charge in [0.15, 0.2) is 0 Å². The molecule has 0 spiro atoms. The molecule has 2 N–H and O–H groups in total. The number of alkyl halides is 3. The zero-order valence-electron chi connectivity index (χ0n) is 8.55. The third kappa shape index (κ3) is 3.70. The molecule has 1 aliphatic rings. The molecule has 0 radical (unpaired) electrons. The van der Waals surface area contributed by atoms with Gasteiger partial charge in [0.1, 0.15) is 6.54 Å². The molecule has 0 saturated heterocycles. The molecule has 6 heteroatoms. The molecule has 1 saturated carbocycles. The molecule has 1 aliphatic carbocycles. The fourth-order valence-corrected chi connectivity index (χ4v) is 1.90. The number of nitrogens with two attached hydrogens (primary N) is 1. The predicted octanol–water partition coefficient (Wildman–Crippen LogP) is 1.13. The van der Waals surface area contributed by atoms with Crippen LogP contribution in [0, 0.1) is 5.92 Å². The van der Waals surface area contributed by atoms with Crippen LogP contribution in [0.15, 0.2) is 0 Å². The first-order valence-electron chi connectivity index (χ1n) is 4.87. The number of hydrogen-bond acceptors (Lipinski definition) is 2. The van der Waals surface area contributed by atoms with E-state index in [0.29, 0.717) is 12.8 Å². The van der Waals surface area contributed by atoms with Crippen LogP contribution in [-0.4, -0.2) is 36.6 Å². The Morgan fingerprint density at radius 2 is 2.07 bits per heavy atom. The van der Waals surface area contributed by atoms with Crippen LogP contribution in [0.4, 0.5) is 13.2 Å². The number of amides is 1. The van der Waals surface area contributed by atoms with Gasteiger partial charge in [-0.1, -0.05) is 0 Å². The lowest BCUT2D eigenvalue weighted by Gasteiger charge is -2.22. The average Bonchev–Trinajstić information content (AvgIpc) is 2.47. The molecule has 1 fully saturated rings. The summed E-state index contributed by atoms with van der Waals surface area (Å²) in [5, 5.41) is 0. The van der Waals surface area contributed by atoms with Crippen molar-refractivity contribution < 1.29 is 18.0 Å². The van der Waals surface area contributed by atoms with Crippen molar-refractivity contribution in [2.75, 3.05) is 13.6 Å². The minimum Gasteiger partial charge on any atom is -0.336 e. The molecule has 0 aromatic heterocycles. The molecule has 0 bridgehead atoms. The molecule has 2 unspecified atom stereocenters. The van der Waals surface area contributed by atoms with Crippen molar-refractivity contribution >= 4 is 5.91 Å². The third-order valence-electron chi connectivity index (χ3n) is 2.62. The van der Waals surface area contributed by atoms with Gasteiger partial charge < -0.3 is 10.6 Å². The van der Waals surface area contributed by atoms with E-state index in [1.54, 1.807) is 0 Å². The lowest BCUT2D eigenvalue weighted by molar-refractivity contribution is -0.160. The summed E-state index contributed by atoms with van der Waals surface area (Å²) in [6, 6.07) is -0.0433. The van der Waals surface area contributed by atoms with Crippen LogP contribution in [0.25, 0.3) is 0 Å². The number of nitrogens with zero attached hydrogens (tertiary/aromatic N) is 1. The van der Waals surface area contributed by atoms with E-state index in [2.05, 4.69) is 0 Å². The van der Waals surface area contributed by atoms with Gasteiger partial charge in [-0.15, -0.1) is 0 Å². The summed E-state index contributed by atoms with van der Waals surface area (Å²) in [4.78, 5) is 12.3. The first kappa shape index (κ1) is 12.3. The van der Waals surface area contributed by atoms with Gasteiger partial charge in [-0.05, 0) is 19.3 Å². The van der Waals surface area contributed by atoms with Crippen LogP contribution >= 0.6 is 0 Å². The van der Waals surface area contributed by atoms with Crippen LogP contribution in [0.5, 0.6) is 0 Å². The summed E-state index contributed by atoms with van der Waals surface area (Å²) in [6.45, 7) is -1.18. The van der Waals surface area contributed by atoms with E-state index in [4.69, 9.17) is 5.73 Å². The quantitative estimate of drug-likeness (QED) is 0.764. The second kappa shape index (κ2) is 4.38. The number of carbonyl (C=O) groups is 1. The Labute approximate surface area is 86.4 Å². The van der Waals surface area contributed by atoms with Crippen molar-refractivity contribution in [2.45, 2.75) is 31.5 Å². The maximum absolute atomic E-state index is 12.0. The van der Waals surface area contributed by atoms with Gasteiger partial charge >= 0.3 is 6.18 Å². The number of halogens is 3. The van der Waals surface area contributed by atoms with Gasteiger partial charge in [0, 0.05) is 19.0 Å². The average molecular weight is 224 g/mol. The van der Waals surface area contributed by atoms with Crippen molar-refractivity contribution in [3.05, 3.63) is 0 Å². The molecule has 3 nitrogen and oxygen atoms in total. The largest absolute Gasteiger partial charge is 0.406 e. The molecular weight excluding hydrogens is 209 g/mol. The fraction of sp³-hybridized carbons (Fsp3) is 0.889. The molecule has 88 valence electrons. The molecular formula is C9H15F3N2O. The molecule has 0 aromatic carbocycles. The third-order valence-corrected chi connectivity index (χ3v) is 2.62. The molecule has 2 atom stereocenters. The Hall–Kier alpha value is -0.780. The Balaban J connectivity index is 2.46. The summed E-state index contributed by atoms with van der Waals surface area (Å²) >= 11 is 0. The van der Waals surface area contributed by atoms with E-state index in [1.807, 2.05) is 0 Å². The maximum atomic E-state index is 12.0. The Morgan fingerprint density at radius 3 is 2.47 bits per heavy atom. The van der Waals surface area contributed by atoms with Crippen molar-refractivity contribution in [2.24, 2.45) is 11.7 Å². The standard InChI is InChI=1S/C9H15F3N2O/c1-14(5-9(10,11)12)8(15)6-2-3-7(13)4-6/h6-7H,2-5,13H2,1H3. The lowest BCUT2D eigenvalue weighted by atomic mass is 10.1. The first-order chi connectivity index (χ1) is 6.79. The second-order valence-electron chi connectivity index (χ2n) is 4.08. The van der Waals surface area contributed by atoms with Crippen molar-refractivity contribution in [3.8, 4) is 0 Å². The van der Waals surface area contributed by atoms with Crippen molar-refractivity contribution in [1.29, 1.82) is 0 Å². The summed E-state index contributed by atoms with van der Waals surface area (Å²) < 4.78 is 36.0. The topological polar surface area (TPSA) is 46.3 Å². The minimum atomic E-state index is -4.33. The van der Waals surface area contributed by atoms with Crippen LogP contribution < -0.4 is 5.73 Å². The Bertz CT molecular complexity index is 242. The first-order valence-corrected chi connectivity index (χ1v) is 4.87. The Morgan fingerprint density at radius 1 is 1.47 bits per heavy atom. The summed E-state index contributed by atoms with van der Waals surface area (Å²) in [5.41, 5.74) is 5.60. The predicted molar refractivity (Wildman–Crippen MR) is 49.0 cm³/mol. The summed E-state index contributed by atoms with van der Waals surface area (Å²) in [5.74, 6) is -0.771. The van der Waals surface area contributed by atoms with Gasteiger partial charge in [0.25, 0.3) is 0 Å². The smallest absolute Gasteiger partial charge is 0.336 e. The molecule has 15 heavy (non-hydrogen) atoms. The van der Waals surface area contributed by atoms with E-state index in [1.165, 1.54) is 7.05 Å². The monoisotopic (exact) mass is 224 g/mol. The normalized spacial score (nSPS) is 26.7. The Kier molecular flexibility index (Phi) is 3.59. The van der Waals surface area contributed by atoms with Gasteiger partial charge in [-0.2, -0.15) is 13.2 Å². The molecule has 0 heterocycles. The second-order valence-corrected chi connectivity index (χ2v) is 4.08. The number of rotatable bonds is 2. The molecule has 1 rings (SSSR count). The van der Waals surface area contributed by atoms with Gasteiger partial charge in [-0.25, -0.2) is 0 Å². The van der Waals surface area contributed by atoms with E-state index in [9.17, 15) is 18.0 Å². The highest BCUT2D eigenvalue weighted by atomic mass is 19.4. The molecule has 1 amide bonds. The zero-order chi connectivity index (χ0) is 11.6. The highest BCUT2D eigenvalue weighted by Crippen LogP contribution is 2.26. The van der Waals surface area contributed by atoms with E-state index in [-0.39, 0.29) is 12.0 Å². The summed E-state index contributed by atoms with van der Waals surface area (Å²) in [6.07, 6.45) is -2.51. The zero-order valence-corrected chi connectivity index (χ0v) is 8.55. The van der Waals surface area contributed by atoms with Gasteiger partial charge in [0.05, 0.1) is 0 Å². The highest BCUT2D eigenvalue weighted by molar-refractivity contribution is 5.79. The van der Waals surface area contributed by atoms with Crippen LogP contribution in [-0.2, 0) is 4.79 Å². The van der Waals surface area contributed by atoms with Crippen LogP contribution in [0.2, 0.25) is 0 Å². The maximum Gasteiger partial charge on any atom is 0.406 e.